The molecule has 5 heteroatoms. The van der Waals surface area contributed by atoms with Crippen molar-refractivity contribution in [2.75, 3.05) is 0 Å². The van der Waals surface area contributed by atoms with Crippen molar-refractivity contribution in [3.05, 3.63) is 46.4 Å². The third-order valence-electron chi connectivity index (χ3n) is 3.66. The van der Waals surface area contributed by atoms with Crippen LogP contribution in [-0.2, 0) is 13.0 Å². The molecule has 4 nitrogen and oxygen atoms in total. The van der Waals surface area contributed by atoms with Crippen LogP contribution in [0.2, 0.25) is 0 Å². The first kappa shape index (κ1) is 13.1. The van der Waals surface area contributed by atoms with Gasteiger partial charge in [-0.2, -0.15) is 5.10 Å². The predicted molar refractivity (Wildman–Crippen MR) is 82.0 cm³/mol. The van der Waals surface area contributed by atoms with Gasteiger partial charge in [0.25, 0.3) is 0 Å². The van der Waals surface area contributed by atoms with Crippen LogP contribution in [0.4, 0.5) is 0 Å². The Morgan fingerprint density at radius 2 is 2.15 bits per heavy atom. The molecule has 0 amide bonds. The molecule has 0 fully saturated rings. The van der Waals surface area contributed by atoms with E-state index in [-0.39, 0.29) is 0 Å². The van der Waals surface area contributed by atoms with E-state index in [1.807, 2.05) is 6.20 Å². The van der Waals surface area contributed by atoms with Crippen LogP contribution in [0, 0.1) is 20.8 Å². The van der Waals surface area contributed by atoms with E-state index in [1.165, 1.54) is 16.0 Å². The Labute approximate surface area is 122 Å². The van der Waals surface area contributed by atoms with Crippen LogP contribution >= 0.6 is 11.3 Å². The summed E-state index contributed by atoms with van der Waals surface area (Å²) in [5.74, 6) is 1.07. The monoisotopic (exact) mass is 286 g/mol. The Hall–Kier alpha value is -1.88. The van der Waals surface area contributed by atoms with Gasteiger partial charge in [-0.05, 0) is 49.8 Å². The van der Waals surface area contributed by atoms with Crippen LogP contribution in [0.3, 0.4) is 0 Å². The zero-order valence-electron chi connectivity index (χ0n) is 12.0. The SMILES string of the molecule is Cc1ccsc1-c1nccn1CCc1c(C)n[nH]c1C. The molecule has 0 radical (unpaired) electrons. The van der Waals surface area contributed by atoms with E-state index in [0.717, 1.165) is 30.2 Å². The van der Waals surface area contributed by atoms with Crippen LogP contribution in [0.5, 0.6) is 0 Å². The van der Waals surface area contributed by atoms with E-state index >= 15 is 0 Å². The summed E-state index contributed by atoms with van der Waals surface area (Å²) in [5, 5.41) is 9.42. The first-order chi connectivity index (χ1) is 9.66. The fourth-order valence-corrected chi connectivity index (χ4v) is 3.41. The van der Waals surface area contributed by atoms with Gasteiger partial charge in [0, 0.05) is 24.6 Å². The number of rotatable bonds is 4. The molecule has 3 aromatic heterocycles. The zero-order valence-corrected chi connectivity index (χ0v) is 12.8. The van der Waals surface area contributed by atoms with Gasteiger partial charge in [0.15, 0.2) is 0 Å². The number of H-pyrrole nitrogens is 1. The molecule has 0 saturated heterocycles. The van der Waals surface area contributed by atoms with E-state index in [2.05, 4.69) is 58.2 Å². The van der Waals surface area contributed by atoms with Crippen LogP contribution in [0.1, 0.15) is 22.5 Å². The lowest BCUT2D eigenvalue weighted by atomic mass is 10.1. The number of thiophene rings is 1. The number of aromatic nitrogens is 4. The maximum atomic E-state index is 4.51. The minimum atomic E-state index is 0.924. The summed E-state index contributed by atoms with van der Waals surface area (Å²) in [7, 11) is 0. The summed E-state index contributed by atoms with van der Waals surface area (Å²) < 4.78 is 2.23. The van der Waals surface area contributed by atoms with Gasteiger partial charge in [0.1, 0.15) is 5.82 Å². The molecule has 104 valence electrons. The Balaban J connectivity index is 1.83. The molecule has 0 bridgehead atoms. The average molecular weight is 286 g/mol. The molecule has 3 heterocycles. The minimum Gasteiger partial charge on any atom is -0.330 e. The van der Waals surface area contributed by atoms with Crippen LogP contribution in [-0.4, -0.2) is 19.7 Å². The molecule has 1 N–H and O–H groups in total. The number of aryl methyl sites for hydroxylation is 4. The Morgan fingerprint density at radius 1 is 1.30 bits per heavy atom. The standard InChI is InChI=1S/C15H18N4S/c1-10-5-9-20-14(10)15-16-6-8-19(15)7-4-13-11(2)17-18-12(13)3/h5-6,8-9H,4,7H2,1-3H3,(H,17,18). The molecule has 0 atom stereocenters. The van der Waals surface area contributed by atoms with Gasteiger partial charge >= 0.3 is 0 Å². The van der Waals surface area contributed by atoms with Crippen molar-refractivity contribution in [2.24, 2.45) is 0 Å². The molecule has 0 aliphatic heterocycles. The largest absolute Gasteiger partial charge is 0.330 e. The molecule has 0 saturated carbocycles. The van der Waals surface area contributed by atoms with Gasteiger partial charge in [0.05, 0.1) is 10.6 Å². The second kappa shape index (κ2) is 5.25. The van der Waals surface area contributed by atoms with Gasteiger partial charge in [0.2, 0.25) is 0 Å². The van der Waals surface area contributed by atoms with Gasteiger partial charge in [-0.3, -0.25) is 5.10 Å². The highest BCUT2D eigenvalue weighted by atomic mass is 32.1. The second-order valence-electron chi connectivity index (χ2n) is 5.04. The van der Waals surface area contributed by atoms with Gasteiger partial charge in [-0.1, -0.05) is 0 Å². The Morgan fingerprint density at radius 3 is 2.80 bits per heavy atom. The highest BCUT2D eigenvalue weighted by molar-refractivity contribution is 7.13. The second-order valence-corrected chi connectivity index (χ2v) is 5.96. The molecule has 0 aromatic carbocycles. The molecule has 3 rings (SSSR count). The molecule has 0 aliphatic carbocycles. The van der Waals surface area contributed by atoms with Crippen molar-refractivity contribution in [3.63, 3.8) is 0 Å². The third-order valence-corrected chi connectivity index (χ3v) is 4.68. The molecular weight excluding hydrogens is 268 g/mol. The summed E-state index contributed by atoms with van der Waals surface area (Å²) in [6.45, 7) is 7.19. The van der Waals surface area contributed by atoms with Crippen molar-refractivity contribution in [3.8, 4) is 10.7 Å². The summed E-state index contributed by atoms with van der Waals surface area (Å²) in [6.07, 6.45) is 4.91. The predicted octanol–water partition coefficient (Wildman–Crippen LogP) is 3.50. The molecule has 0 spiro atoms. The summed E-state index contributed by atoms with van der Waals surface area (Å²) in [5.41, 5.74) is 4.86. The molecule has 20 heavy (non-hydrogen) atoms. The summed E-state index contributed by atoms with van der Waals surface area (Å²) >= 11 is 1.75. The zero-order chi connectivity index (χ0) is 14.1. The summed E-state index contributed by atoms with van der Waals surface area (Å²) in [4.78, 5) is 5.77. The Bertz CT molecular complexity index is 700. The van der Waals surface area contributed by atoms with E-state index in [4.69, 9.17) is 0 Å². The maximum absolute atomic E-state index is 4.51. The highest BCUT2D eigenvalue weighted by Gasteiger charge is 2.11. The van der Waals surface area contributed by atoms with E-state index < -0.39 is 0 Å². The fourth-order valence-electron chi connectivity index (χ4n) is 2.48. The lowest BCUT2D eigenvalue weighted by Gasteiger charge is -2.07. The molecule has 0 aliphatic rings. The molecule has 3 aromatic rings. The first-order valence-corrected chi connectivity index (χ1v) is 7.61. The topological polar surface area (TPSA) is 46.5 Å². The fraction of sp³-hybridized carbons (Fsp3) is 0.333. The van der Waals surface area contributed by atoms with Crippen LogP contribution < -0.4 is 0 Å². The van der Waals surface area contributed by atoms with Crippen molar-refractivity contribution in [1.29, 1.82) is 0 Å². The molecular formula is C15H18N4S. The average Bonchev–Trinajstić information content (AvgIpc) is 3.10. The van der Waals surface area contributed by atoms with E-state index in [1.54, 1.807) is 11.3 Å². The quantitative estimate of drug-likeness (QED) is 0.798. The number of imidazole rings is 1. The third kappa shape index (κ3) is 2.29. The molecule has 0 unspecified atom stereocenters. The van der Waals surface area contributed by atoms with Gasteiger partial charge < -0.3 is 4.57 Å². The van der Waals surface area contributed by atoms with Crippen molar-refractivity contribution in [2.45, 2.75) is 33.7 Å². The first-order valence-electron chi connectivity index (χ1n) is 6.73. The highest BCUT2D eigenvalue weighted by Crippen LogP contribution is 2.27. The Kier molecular flexibility index (Phi) is 3.44. The number of nitrogens with zero attached hydrogens (tertiary/aromatic N) is 3. The van der Waals surface area contributed by atoms with Crippen LogP contribution in [0.25, 0.3) is 10.7 Å². The smallest absolute Gasteiger partial charge is 0.150 e. The van der Waals surface area contributed by atoms with Crippen molar-refractivity contribution < 1.29 is 0 Å². The number of hydrogen-bond acceptors (Lipinski definition) is 3. The minimum absolute atomic E-state index is 0.924. The van der Waals surface area contributed by atoms with Crippen LogP contribution in [0.15, 0.2) is 23.8 Å². The van der Waals surface area contributed by atoms with Crippen molar-refractivity contribution in [1.82, 2.24) is 19.7 Å². The van der Waals surface area contributed by atoms with Crippen molar-refractivity contribution >= 4 is 11.3 Å². The lowest BCUT2D eigenvalue weighted by molar-refractivity contribution is 0.699. The normalized spacial score (nSPS) is 11.2. The van der Waals surface area contributed by atoms with E-state index in [0.29, 0.717) is 0 Å². The summed E-state index contributed by atoms with van der Waals surface area (Å²) in [6, 6.07) is 2.14. The van der Waals surface area contributed by atoms with Gasteiger partial charge in [-0.25, -0.2) is 4.98 Å². The number of nitrogens with one attached hydrogen (secondary N) is 1. The van der Waals surface area contributed by atoms with E-state index in [9.17, 15) is 0 Å². The lowest BCUT2D eigenvalue weighted by Crippen LogP contribution is -2.03. The van der Waals surface area contributed by atoms with Gasteiger partial charge in [-0.15, -0.1) is 11.3 Å². The number of aromatic amines is 1. The maximum Gasteiger partial charge on any atom is 0.150 e. The number of hydrogen-bond donors (Lipinski definition) is 1.